The van der Waals surface area contributed by atoms with Gasteiger partial charge in [0.05, 0.1) is 4.92 Å². The van der Waals surface area contributed by atoms with Crippen LogP contribution >= 0.6 is 11.6 Å². The average Bonchev–Trinajstić information content (AvgIpc) is 2.66. The van der Waals surface area contributed by atoms with Crippen LogP contribution in [0.1, 0.15) is 26.3 Å². The Labute approximate surface area is 183 Å². The number of nitro groups is 1. The van der Waals surface area contributed by atoms with Crippen molar-refractivity contribution in [2.24, 2.45) is 0 Å². The zero-order valence-electron chi connectivity index (χ0n) is 17.2. The number of carbonyl (C=O) groups excluding carboxylic acids is 3. The average molecular weight is 448 g/mol. The fraction of sp³-hybridized carbons (Fsp3) is 0.286. The van der Waals surface area contributed by atoms with Crippen molar-refractivity contribution >= 4 is 40.8 Å². The third kappa shape index (κ3) is 7.38. The van der Waals surface area contributed by atoms with Crippen LogP contribution in [0.2, 0.25) is 5.02 Å². The van der Waals surface area contributed by atoms with E-state index in [9.17, 15) is 24.5 Å². The number of benzene rings is 2. The molecule has 1 unspecified atom stereocenters. The van der Waals surface area contributed by atoms with Crippen LogP contribution in [0.4, 0.5) is 11.4 Å². The summed E-state index contributed by atoms with van der Waals surface area (Å²) in [5, 5.41) is 15.8. The normalized spacial score (nSPS) is 11.9. The molecular formula is C21H22ClN3O6. The van der Waals surface area contributed by atoms with E-state index in [1.807, 2.05) is 0 Å². The lowest BCUT2D eigenvalue weighted by Gasteiger charge is -2.24. The molecule has 0 aliphatic heterocycles. The molecule has 2 N–H and O–H groups in total. The van der Waals surface area contributed by atoms with Gasteiger partial charge in [0.25, 0.3) is 5.69 Å². The molecule has 1 atom stereocenters. The minimum atomic E-state index is -1.19. The topological polar surface area (TPSA) is 128 Å². The van der Waals surface area contributed by atoms with E-state index in [1.54, 1.807) is 51.1 Å². The van der Waals surface area contributed by atoms with E-state index in [4.69, 9.17) is 16.3 Å². The van der Waals surface area contributed by atoms with E-state index >= 15 is 0 Å². The molecule has 10 heteroatoms. The third-order valence-corrected chi connectivity index (χ3v) is 4.12. The fourth-order valence-electron chi connectivity index (χ4n) is 2.59. The Morgan fingerprint density at radius 1 is 1.10 bits per heavy atom. The van der Waals surface area contributed by atoms with Crippen LogP contribution in [0.15, 0.2) is 48.5 Å². The van der Waals surface area contributed by atoms with Crippen molar-refractivity contribution in [2.45, 2.75) is 38.8 Å². The van der Waals surface area contributed by atoms with Gasteiger partial charge in [-0.1, -0.05) is 41.9 Å². The zero-order valence-corrected chi connectivity index (χ0v) is 17.9. The minimum absolute atomic E-state index is 0.0894. The van der Waals surface area contributed by atoms with Gasteiger partial charge in [0.2, 0.25) is 0 Å². The summed E-state index contributed by atoms with van der Waals surface area (Å²) >= 11 is 5.83. The Morgan fingerprint density at radius 2 is 1.74 bits per heavy atom. The first-order valence-corrected chi connectivity index (χ1v) is 9.66. The summed E-state index contributed by atoms with van der Waals surface area (Å²) in [6.07, 6.45) is 0.0894. The molecule has 0 aliphatic rings. The highest BCUT2D eigenvalue weighted by Crippen LogP contribution is 2.27. The summed E-state index contributed by atoms with van der Waals surface area (Å²) in [5.74, 6) is -3.06. The number of amides is 2. The molecule has 0 aromatic heterocycles. The molecule has 0 heterocycles. The maximum atomic E-state index is 12.6. The van der Waals surface area contributed by atoms with E-state index < -0.39 is 40.0 Å². The first kappa shape index (κ1) is 23.8. The lowest BCUT2D eigenvalue weighted by molar-refractivity contribution is -0.383. The fourth-order valence-corrected chi connectivity index (χ4v) is 2.76. The van der Waals surface area contributed by atoms with Gasteiger partial charge in [0, 0.05) is 17.5 Å². The monoisotopic (exact) mass is 447 g/mol. The van der Waals surface area contributed by atoms with Gasteiger partial charge in [-0.2, -0.15) is 0 Å². The van der Waals surface area contributed by atoms with Crippen LogP contribution in [-0.4, -0.2) is 34.3 Å². The highest BCUT2D eigenvalue weighted by molar-refractivity contribution is 6.40. The Bertz CT molecular complexity index is 988. The molecule has 0 fully saturated rings. The summed E-state index contributed by atoms with van der Waals surface area (Å²) in [5.41, 5.74) is -0.738. The van der Waals surface area contributed by atoms with Gasteiger partial charge < -0.3 is 15.4 Å². The van der Waals surface area contributed by atoms with Crippen LogP contribution in [0.25, 0.3) is 0 Å². The molecule has 31 heavy (non-hydrogen) atoms. The minimum Gasteiger partial charge on any atom is -0.458 e. The van der Waals surface area contributed by atoms with Crippen LogP contribution < -0.4 is 10.6 Å². The predicted molar refractivity (Wildman–Crippen MR) is 115 cm³/mol. The number of ether oxygens (including phenoxy) is 1. The molecule has 2 aromatic carbocycles. The number of esters is 1. The largest absolute Gasteiger partial charge is 0.458 e. The van der Waals surface area contributed by atoms with Gasteiger partial charge in [-0.25, -0.2) is 4.79 Å². The van der Waals surface area contributed by atoms with E-state index in [0.29, 0.717) is 0 Å². The SMILES string of the molecule is CC(C)(C)OC(=O)C(Cc1ccccc1)NC(=O)C(=O)Nc1cc(Cl)ccc1[N+](=O)[O-]. The molecule has 9 nitrogen and oxygen atoms in total. The Morgan fingerprint density at radius 3 is 2.32 bits per heavy atom. The second-order valence-corrected chi connectivity index (χ2v) is 8.06. The van der Waals surface area contributed by atoms with Gasteiger partial charge in [0.15, 0.2) is 0 Å². The second-order valence-electron chi connectivity index (χ2n) is 7.62. The van der Waals surface area contributed by atoms with Crippen molar-refractivity contribution in [2.75, 3.05) is 5.32 Å². The van der Waals surface area contributed by atoms with Crippen LogP contribution in [0.3, 0.4) is 0 Å². The molecule has 0 aliphatic carbocycles. The number of nitrogens with zero attached hydrogens (tertiary/aromatic N) is 1. The molecule has 2 amide bonds. The number of halogens is 1. The molecule has 0 bridgehead atoms. The van der Waals surface area contributed by atoms with Gasteiger partial charge in [-0.05, 0) is 38.5 Å². The van der Waals surface area contributed by atoms with E-state index in [0.717, 1.165) is 17.7 Å². The molecule has 0 spiro atoms. The van der Waals surface area contributed by atoms with Crippen LogP contribution in [0, 0.1) is 10.1 Å². The number of nitrogens with one attached hydrogen (secondary N) is 2. The third-order valence-electron chi connectivity index (χ3n) is 3.89. The van der Waals surface area contributed by atoms with Crippen molar-refractivity contribution in [3.8, 4) is 0 Å². The second kappa shape index (κ2) is 10.0. The van der Waals surface area contributed by atoms with Gasteiger partial charge in [-0.3, -0.25) is 19.7 Å². The molecule has 2 aromatic rings. The lowest BCUT2D eigenvalue weighted by atomic mass is 10.1. The first-order chi connectivity index (χ1) is 14.5. The van der Waals surface area contributed by atoms with E-state index in [-0.39, 0.29) is 17.1 Å². The predicted octanol–water partition coefficient (Wildman–Crippen LogP) is 3.26. The zero-order chi connectivity index (χ0) is 23.2. The number of hydrogen-bond donors (Lipinski definition) is 2. The molecule has 0 radical (unpaired) electrons. The molecular weight excluding hydrogens is 426 g/mol. The molecule has 2 rings (SSSR count). The molecule has 0 saturated heterocycles. The Kier molecular flexibility index (Phi) is 7.71. The maximum Gasteiger partial charge on any atom is 0.329 e. The van der Waals surface area contributed by atoms with Crippen LogP contribution in [0.5, 0.6) is 0 Å². The Balaban J connectivity index is 2.18. The van der Waals surface area contributed by atoms with Crippen molar-refractivity contribution < 1.29 is 24.0 Å². The van der Waals surface area contributed by atoms with E-state index in [1.165, 1.54) is 6.07 Å². The molecule has 0 saturated carbocycles. The summed E-state index contributed by atoms with van der Waals surface area (Å²) in [7, 11) is 0. The number of hydrogen-bond acceptors (Lipinski definition) is 6. The van der Waals surface area contributed by atoms with Crippen molar-refractivity contribution in [1.82, 2.24) is 5.32 Å². The number of nitro benzene ring substituents is 1. The molecule has 164 valence electrons. The number of carbonyl (C=O) groups is 3. The van der Waals surface area contributed by atoms with Gasteiger partial charge in [-0.15, -0.1) is 0 Å². The summed E-state index contributed by atoms with van der Waals surface area (Å²) in [6, 6.07) is 11.3. The van der Waals surface area contributed by atoms with Crippen LogP contribution in [-0.2, 0) is 25.5 Å². The highest BCUT2D eigenvalue weighted by Gasteiger charge is 2.29. The van der Waals surface area contributed by atoms with Crippen molar-refractivity contribution in [1.29, 1.82) is 0 Å². The highest BCUT2D eigenvalue weighted by atomic mass is 35.5. The summed E-state index contributed by atoms with van der Waals surface area (Å²) in [4.78, 5) is 47.8. The quantitative estimate of drug-likeness (QED) is 0.303. The van der Waals surface area contributed by atoms with Gasteiger partial charge in [0.1, 0.15) is 17.3 Å². The van der Waals surface area contributed by atoms with Gasteiger partial charge >= 0.3 is 17.8 Å². The number of rotatable bonds is 6. The van der Waals surface area contributed by atoms with Crippen molar-refractivity contribution in [3.05, 3.63) is 69.2 Å². The smallest absolute Gasteiger partial charge is 0.329 e. The first-order valence-electron chi connectivity index (χ1n) is 9.29. The lowest BCUT2D eigenvalue weighted by Crippen LogP contribution is -2.49. The maximum absolute atomic E-state index is 12.6. The standard InChI is InChI=1S/C21H22ClN3O6/c1-21(2,3)31-20(28)16(11-13-7-5-4-6-8-13)24-19(27)18(26)23-15-12-14(22)9-10-17(15)25(29)30/h4-10,12,16H,11H2,1-3H3,(H,23,26)(H,24,27). The summed E-state index contributed by atoms with van der Waals surface area (Å²) < 4.78 is 5.35. The van der Waals surface area contributed by atoms with E-state index in [2.05, 4.69) is 10.6 Å². The Hall–Kier alpha value is -3.46. The van der Waals surface area contributed by atoms with Crippen molar-refractivity contribution in [3.63, 3.8) is 0 Å². The summed E-state index contributed by atoms with van der Waals surface area (Å²) in [6.45, 7) is 5.03. The number of anilines is 1.